The monoisotopic (exact) mass is 660 g/mol. The van der Waals surface area contributed by atoms with Crippen LogP contribution in [-0.4, -0.2) is 6.71 Å². The minimum Gasteiger partial charge on any atom is -0.456 e. The average Bonchev–Trinajstić information content (AvgIpc) is 3.84. The maximum atomic E-state index is 6.51. The maximum Gasteiger partial charge on any atom is 0.242 e. The van der Waals surface area contributed by atoms with Gasteiger partial charge in [0.1, 0.15) is 22.3 Å². The molecule has 12 rings (SSSR count). The van der Waals surface area contributed by atoms with Gasteiger partial charge < -0.3 is 8.83 Å². The topological polar surface area (TPSA) is 26.3 Å². The van der Waals surface area contributed by atoms with Crippen LogP contribution in [0, 0.1) is 0 Å². The van der Waals surface area contributed by atoms with E-state index in [1.165, 1.54) is 66.5 Å². The van der Waals surface area contributed by atoms with E-state index < -0.39 is 0 Å². The highest BCUT2D eigenvalue weighted by Crippen LogP contribution is 2.48. The maximum absolute atomic E-state index is 6.51. The molecule has 10 aromatic rings. The van der Waals surface area contributed by atoms with Gasteiger partial charge in [-0.05, 0) is 74.3 Å². The van der Waals surface area contributed by atoms with Crippen LogP contribution in [-0.2, 0) is 0 Å². The molecule has 0 spiro atoms. The molecule has 240 valence electrons. The third-order valence-electron chi connectivity index (χ3n) is 11.7. The zero-order valence-electron chi connectivity index (χ0n) is 28.1. The first-order chi connectivity index (χ1) is 25.8. The molecule has 3 heteroatoms. The number of furan rings is 2. The van der Waals surface area contributed by atoms with Gasteiger partial charge in [0.25, 0.3) is 0 Å². The summed E-state index contributed by atoms with van der Waals surface area (Å²) in [5.41, 5.74) is 19.0. The Morgan fingerprint density at radius 1 is 0.346 bits per heavy atom. The standard InChI is InChI=1S/C49H29BO2/c1-2-14-34-33(13-1)39-27-47-41(35-15-7-9-19-45(35)51-47)25-43(39)50(44-26-42-36-16-8-10-20-46(36)52-48(42)28-40(34)44)30-23-21-29(22-24-30)49-37-17-5-3-11-31(37)32-12-4-6-18-38(32)49/h1-28,49H. The zero-order chi connectivity index (χ0) is 33.9. The Hall–Kier alpha value is -6.58. The number of para-hydroxylation sites is 2. The second-order valence-electron chi connectivity index (χ2n) is 14.3. The highest BCUT2D eigenvalue weighted by atomic mass is 16.3. The third-order valence-corrected chi connectivity index (χ3v) is 11.7. The van der Waals surface area contributed by atoms with Crippen LogP contribution in [0.15, 0.2) is 179 Å². The smallest absolute Gasteiger partial charge is 0.242 e. The van der Waals surface area contributed by atoms with Crippen LogP contribution < -0.4 is 16.4 Å². The Morgan fingerprint density at radius 2 is 0.788 bits per heavy atom. The molecule has 0 saturated heterocycles. The van der Waals surface area contributed by atoms with E-state index in [0.717, 1.165) is 43.9 Å². The number of benzene rings is 8. The van der Waals surface area contributed by atoms with Gasteiger partial charge in [0, 0.05) is 27.5 Å². The van der Waals surface area contributed by atoms with Gasteiger partial charge in [-0.15, -0.1) is 0 Å². The predicted octanol–water partition coefficient (Wildman–Crippen LogP) is 10.8. The molecule has 52 heavy (non-hydrogen) atoms. The van der Waals surface area contributed by atoms with Crippen LogP contribution in [0.2, 0.25) is 0 Å². The van der Waals surface area contributed by atoms with Gasteiger partial charge in [0.05, 0.1) is 0 Å². The number of hydrogen-bond acceptors (Lipinski definition) is 2. The van der Waals surface area contributed by atoms with Crippen LogP contribution in [0.5, 0.6) is 0 Å². The first-order valence-corrected chi connectivity index (χ1v) is 18.1. The summed E-state index contributed by atoms with van der Waals surface area (Å²) in [5, 5.41) is 4.57. The molecular formula is C49H29BO2. The largest absolute Gasteiger partial charge is 0.456 e. The van der Waals surface area contributed by atoms with E-state index in [1.54, 1.807) is 0 Å². The Balaban J connectivity index is 1.14. The van der Waals surface area contributed by atoms with E-state index in [9.17, 15) is 0 Å². The van der Waals surface area contributed by atoms with E-state index in [2.05, 4.69) is 158 Å². The molecule has 0 fully saturated rings. The fraction of sp³-hybridized carbons (Fsp3) is 0.0204. The van der Waals surface area contributed by atoms with Gasteiger partial charge in [-0.3, -0.25) is 0 Å². The van der Waals surface area contributed by atoms with Crippen molar-refractivity contribution in [1.29, 1.82) is 0 Å². The number of hydrogen-bond donors (Lipinski definition) is 0. The summed E-state index contributed by atoms with van der Waals surface area (Å²) in [6, 6.07) is 62.2. The Kier molecular flexibility index (Phi) is 5.67. The van der Waals surface area contributed by atoms with Crippen molar-refractivity contribution in [3.05, 3.63) is 187 Å². The van der Waals surface area contributed by atoms with Crippen molar-refractivity contribution in [2.45, 2.75) is 5.92 Å². The molecule has 3 heterocycles. The average molecular weight is 661 g/mol. The minimum absolute atomic E-state index is 0.0364. The molecule has 0 saturated carbocycles. The SMILES string of the molecule is c1ccc2c(c1)-c1cc3oc4ccccc4c3cc1B(c1ccc(C3c4ccccc4-c4ccccc43)cc1)c1cc3c(cc1-2)oc1ccccc13. The van der Waals surface area contributed by atoms with Crippen molar-refractivity contribution in [1.82, 2.24) is 0 Å². The summed E-state index contributed by atoms with van der Waals surface area (Å²) in [5.74, 6) is 0.202. The zero-order valence-corrected chi connectivity index (χ0v) is 28.1. The predicted molar refractivity (Wildman–Crippen MR) is 216 cm³/mol. The van der Waals surface area contributed by atoms with Crippen LogP contribution in [0.4, 0.5) is 0 Å². The van der Waals surface area contributed by atoms with Crippen molar-refractivity contribution in [2.24, 2.45) is 0 Å². The Morgan fingerprint density at radius 3 is 1.31 bits per heavy atom. The summed E-state index contributed by atoms with van der Waals surface area (Å²) >= 11 is 0. The van der Waals surface area contributed by atoms with Gasteiger partial charge in [-0.25, -0.2) is 0 Å². The van der Waals surface area contributed by atoms with Crippen LogP contribution in [0.25, 0.3) is 77.3 Å². The van der Waals surface area contributed by atoms with Gasteiger partial charge in [-0.1, -0.05) is 162 Å². The Labute approximate surface area is 300 Å². The fourth-order valence-corrected chi connectivity index (χ4v) is 9.40. The normalized spacial score (nSPS) is 13.3. The lowest BCUT2D eigenvalue weighted by Crippen LogP contribution is -2.52. The van der Waals surface area contributed by atoms with Crippen molar-refractivity contribution < 1.29 is 8.83 Å². The molecule has 2 nitrogen and oxygen atoms in total. The lowest BCUT2D eigenvalue weighted by molar-refractivity contribution is 0.668. The minimum atomic E-state index is -0.0364. The molecule has 0 N–H and O–H groups in total. The van der Waals surface area contributed by atoms with Gasteiger partial charge in [0.15, 0.2) is 0 Å². The molecule has 0 atom stereocenters. The van der Waals surface area contributed by atoms with Crippen molar-refractivity contribution in [3.8, 4) is 33.4 Å². The van der Waals surface area contributed by atoms with E-state index >= 15 is 0 Å². The summed E-state index contributed by atoms with van der Waals surface area (Å²) in [7, 11) is 0. The van der Waals surface area contributed by atoms with Gasteiger partial charge in [0.2, 0.25) is 6.71 Å². The fourth-order valence-electron chi connectivity index (χ4n) is 9.40. The molecular weight excluding hydrogens is 631 g/mol. The molecule has 0 radical (unpaired) electrons. The van der Waals surface area contributed by atoms with Crippen LogP contribution >= 0.6 is 0 Å². The summed E-state index contributed by atoms with van der Waals surface area (Å²) in [6.45, 7) is -0.0364. The second kappa shape index (κ2) is 10.5. The lowest BCUT2D eigenvalue weighted by Gasteiger charge is -2.20. The summed E-state index contributed by atoms with van der Waals surface area (Å²) < 4.78 is 13.0. The van der Waals surface area contributed by atoms with Crippen LogP contribution in [0.1, 0.15) is 22.6 Å². The van der Waals surface area contributed by atoms with Crippen LogP contribution in [0.3, 0.4) is 0 Å². The van der Waals surface area contributed by atoms with Gasteiger partial charge in [-0.2, -0.15) is 0 Å². The Bertz CT molecular complexity index is 2900. The molecule has 2 aliphatic rings. The summed E-state index contributed by atoms with van der Waals surface area (Å²) in [4.78, 5) is 0. The first-order valence-electron chi connectivity index (χ1n) is 18.1. The van der Waals surface area contributed by atoms with E-state index in [0.29, 0.717) is 0 Å². The molecule has 0 unspecified atom stereocenters. The quantitative estimate of drug-likeness (QED) is 0.173. The molecule has 0 bridgehead atoms. The van der Waals surface area contributed by atoms with Gasteiger partial charge >= 0.3 is 0 Å². The van der Waals surface area contributed by atoms with Crippen molar-refractivity contribution >= 4 is 67.0 Å². The van der Waals surface area contributed by atoms with E-state index in [4.69, 9.17) is 8.83 Å². The second-order valence-corrected chi connectivity index (χ2v) is 14.3. The molecule has 1 aliphatic carbocycles. The number of fused-ring (bicyclic) bond motifs is 14. The first kappa shape index (κ1) is 28.2. The highest BCUT2D eigenvalue weighted by Gasteiger charge is 2.35. The molecule has 0 amide bonds. The molecule has 2 aromatic heterocycles. The van der Waals surface area contributed by atoms with Crippen molar-refractivity contribution in [2.75, 3.05) is 0 Å². The summed E-state index contributed by atoms with van der Waals surface area (Å²) in [6.07, 6.45) is 0. The number of rotatable bonds is 2. The van der Waals surface area contributed by atoms with E-state index in [-0.39, 0.29) is 12.6 Å². The van der Waals surface area contributed by atoms with Crippen molar-refractivity contribution in [3.63, 3.8) is 0 Å². The highest BCUT2D eigenvalue weighted by molar-refractivity contribution is 6.97. The molecule has 1 aliphatic heterocycles. The third kappa shape index (κ3) is 3.85. The van der Waals surface area contributed by atoms with E-state index in [1.807, 2.05) is 12.1 Å². The lowest BCUT2D eigenvalue weighted by atomic mass is 9.35. The molecule has 8 aromatic carbocycles.